The molecule has 0 spiro atoms. The van der Waals surface area contributed by atoms with Gasteiger partial charge in [-0.2, -0.15) is 0 Å². The van der Waals surface area contributed by atoms with Gasteiger partial charge in [-0.05, 0) is 26.7 Å². The van der Waals surface area contributed by atoms with Crippen molar-refractivity contribution in [2.45, 2.75) is 45.2 Å². The van der Waals surface area contributed by atoms with E-state index in [1.807, 2.05) is 11.9 Å². The summed E-state index contributed by atoms with van der Waals surface area (Å²) in [4.78, 5) is 16.1. The highest BCUT2D eigenvalue weighted by Gasteiger charge is 2.25. The van der Waals surface area contributed by atoms with Crippen LogP contribution in [0, 0.1) is 0 Å². The fourth-order valence-corrected chi connectivity index (χ4v) is 2.29. The van der Waals surface area contributed by atoms with E-state index >= 15 is 0 Å². The Labute approximate surface area is 123 Å². The van der Waals surface area contributed by atoms with Crippen molar-refractivity contribution in [2.24, 2.45) is 5.73 Å². The van der Waals surface area contributed by atoms with Crippen LogP contribution in [0.25, 0.3) is 0 Å². The van der Waals surface area contributed by atoms with E-state index in [-0.39, 0.29) is 30.7 Å². The molecule has 1 amide bonds. The number of hydrogen-bond donors (Lipinski definition) is 1. The number of piperidine rings is 1. The minimum Gasteiger partial charge on any atom is -0.343 e. The van der Waals surface area contributed by atoms with Crippen LogP contribution in [0.1, 0.15) is 33.1 Å². The second-order valence-electron chi connectivity index (χ2n) is 4.90. The fraction of sp³-hybridized carbons (Fsp3) is 0.917. The molecule has 0 saturated carbocycles. The first-order valence-electron chi connectivity index (χ1n) is 6.26. The molecule has 1 saturated heterocycles. The minimum atomic E-state index is 0. The molecule has 110 valence electrons. The van der Waals surface area contributed by atoms with E-state index in [1.165, 1.54) is 0 Å². The molecular weight excluding hydrogens is 273 g/mol. The Balaban J connectivity index is 0. The van der Waals surface area contributed by atoms with Crippen LogP contribution in [0.3, 0.4) is 0 Å². The summed E-state index contributed by atoms with van der Waals surface area (Å²) in [7, 11) is 1.91. The molecule has 0 aromatic carbocycles. The van der Waals surface area contributed by atoms with Crippen molar-refractivity contribution in [1.29, 1.82) is 0 Å². The zero-order chi connectivity index (χ0) is 12.1. The van der Waals surface area contributed by atoms with Crippen molar-refractivity contribution in [3.63, 3.8) is 0 Å². The SMILES string of the molecule is CC(C)N1CCC(N(C)C(=O)CCN)CC1.Cl.Cl. The number of hydrogen-bond acceptors (Lipinski definition) is 3. The minimum absolute atomic E-state index is 0. The Morgan fingerprint density at radius 2 is 1.83 bits per heavy atom. The van der Waals surface area contributed by atoms with Gasteiger partial charge in [-0.3, -0.25) is 4.79 Å². The summed E-state index contributed by atoms with van der Waals surface area (Å²) < 4.78 is 0. The third-order valence-corrected chi connectivity index (χ3v) is 3.53. The summed E-state index contributed by atoms with van der Waals surface area (Å²) in [6, 6.07) is 1.03. The van der Waals surface area contributed by atoms with Gasteiger partial charge in [0.1, 0.15) is 0 Å². The van der Waals surface area contributed by atoms with E-state index in [1.54, 1.807) is 0 Å². The quantitative estimate of drug-likeness (QED) is 0.856. The van der Waals surface area contributed by atoms with Gasteiger partial charge in [-0.1, -0.05) is 0 Å². The summed E-state index contributed by atoms with van der Waals surface area (Å²) in [5, 5.41) is 0. The molecule has 0 aliphatic carbocycles. The van der Waals surface area contributed by atoms with Gasteiger partial charge in [0.05, 0.1) is 0 Å². The van der Waals surface area contributed by atoms with E-state index in [4.69, 9.17) is 5.73 Å². The zero-order valence-electron chi connectivity index (χ0n) is 11.6. The summed E-state index contributed by atoms with van der Waals surface area (Å²) in [5.74, 6) is 0.186. The lowest BCUT2D eigenvalue weighted by molar-refractivity contribution is -0.132. The van der Waals surface area contributed by atoms with Crippen LogP contribution in [-0.2, 0) is 4.79 Å². The van der Waals surface area contributed by atoms with Crippen molar-refractivity contribution >= 4 is 30.7 Å². The van der Waals surface area contributed by atoms with Crippen molar-refractivity contribution in [2.75, 3.05) is 26.7 Å². The first-order chi connectivity index (χ1) is 7.56. The summed E-state index contributed by atoms with van der Waals surface area (Å²) >= 11 is 0. The first-order valence-corrected chi connectivity index (χ1v) is 6.26. The Hall–Kier alpha value is -0.0300. The normalized spacial score (nSPS) is 16.9. The average molecular weight is 300 g/mol. The van der Waals surface area contributed by atoms with Crippen LogP contribution in [0.15, 0.2) is 0 Å². The van der Waals surface area contributed by atoms with Crippen LogP contribution < -0.4 is 5.73 Å². The predicted octanol–water partition coefficient (Wildman–Crippen LogP) is 1.51. The number of nitrogens with zero attached hydrogens (tertiary/aromatic N) is 2. The van der Waals surface area contributed by atoms with Gasteiger partial charge in [0.2, 0.25) is 5.91 Å². The number of nitrogens with two attached hydrogens (primary N) is 1. The molecule has 6 heteroatoms. The number of likely N-dealkylation sites (tertiary alicyclic amines) is 1. The second kappa shape index (κ2) is 9.84. The largest absolute Gasteiger partial charge is 0.343 e. The molecule has 2 N–H and O–H groups in total. The highest BCUT2D eigenvalue weighted by molar-refractivity contribution is 5.85. The molecule has 0 aromatic rings. The lowest BCUT2D eigenvalue weighted by Gasteiger charge is -2.38. The maximum absolute atomic E-state index is 11.7. The second-order valence-corrected chi connectivity index (χ2v) is 4.90. The van der Waals surface area contributed by atoms with Crippen molar-refractivity contribution in [1.82, 2.24) is 9.80 Å². The monoisotopic (exact) mass is 299 g/mol. The maximum atomic E-state index is 11.7. The molecule has 1 heterocycles. The first kappa shape index (κ1) is 20.3. The molecule has 18 heavy (non-hydrogen) atoms. The molecule has 1 rings (SSSR count). The molecule has 4 nitrogen and oxygen atoms in total. The van der Waals surface area contributed by atoms with Crippen LogP contribution in [-0.4, -0.2) is 54.5 Å². The summed E-state index contributed by atoms with van der Waals surface area (Å²) in [6.07, 6.45) is 2.65. The highest BCUT2D eigenvalue weighted by atomic mass is 35.5. The number of carbonyl (C=O) groups is 1. The van der Waals surface area contributed by atoms with Gasteiger partial charge in [0, 0.05) is 45.2 Å². The Kier molecular flexibility index (Phi) is 11.1. The lowest BCUT2D eigenvalue weighted by Crippen LogP contribution is -2.47. The summed E-state index contributed by atoms with van der Waals surface area (Å²) in [5.41, 5.74) is 5.40. The number of amides is 1. The van der Waals surface area contributed by atoms with E-state index in [0.717, 1.165) is 25.9 Å². The smallest absolute Gasteiger partial charge is 0.223 e. The van der Waals surface area contributed by atoms with Crippen LogP contribution in [0.4, 0.5) is 0 Å². The standard InChI is InChI=1S/C12H25N3O.2ClH/c1-10(2)15-8-5-11(6-9-15)14(3)12(16)4-7-13;;/h10-11H,4-9,13H2,1-3H3;2*1H. The van der Waals surface area contributed by atoms with Gasteiger partial charge < -0.3 is 15.5 Å². The third-order valence-electron chi connectivity index (χ3n) is 3.53. The van der Waals surface area contributed by atoms with Gasteiger partial charge in [0.15, 0.2) is 0 Å². The molecule has 0 atom stereocenters. The van der Waals surface area contributed by atoms with Crippen molar-refractivity contribution in [3.05, 3.63) is 0 Å². The Morgan fingerprint density at radius 1 is 1.33 bits per heavy atom. The zero-order valence-corrected chi connectivity index (χ0v) is 13.2. The molecule has 1 aliphatic rings. The van der Waals surface area contributed by atoms with Gasteiger partial charge in [-0.25, -0.2) is 0 Å². The van der Waals surface area contributed by atoms with Gasteiger partial charge in [0.25, 0.3) is 0 Å². The van der Waals surface area contributed by atoms with E-state index in [2.05, 4.69) is 18.7 Å². The van der Waals surface area contributed by atoms with Crippen LogP contribution in [0.5, 0.6) is 0 Å². The molecule has 0 bridgehead atoms. The van der Waals surface area contributed by atoms with Crippen LogP contribution in [0.2, 0.25) is 0 Å². The number of carbonyl (C=O) groups excluding carboxylic acids is 1. The van der Waals surface area contributed by atoms with Crippen molar-refractivity contribution < 1.29 is 4.79 Å². The van der Waals surface area contributed by atoms with E-state index < -0.39 is 0 Å². The molecule has 0 aromatic heterocycles. The fourth-order valence-electron chi connectivity index (χ4n) is 2.29. The summed E-state index contributed by atoms with van der Waals surface area (Å²) in [6.45, 7) is 7.10. The molecule has 0 radical (unpaired) electrons. The molecule has 1 fully saturated rings. The predicted molar refractivity (Wildman–Crippen MR) is 80.7 cm³/mol. The number of rotatable bonds is 4. The van der Waals surface area contributed by atoms with Crippen LogP contribution >= 0.6 is 24.8 Å². The van der Waals surface area contributed by atoms with E-state index in [0.29, 0.717) is 25.0 Å². The topological polar surface area (TPSA) is 49.6 Å². The lowest BCUT2D eigenvalue weighted by atomic mass is 10.0. The Morgan fingerprint density at radius 3 is 2.22 bits per heavy atom. The Bertz CT molecular complexity index is 231. The number of halogens is 2. The maximum Gasteiger partial charge on any atom is 0.223 e. The molecule has 0 unspecified atom stereocenters. The average Bonchev–Trinajstić information content (AvgIpc) is 2.28. The molecule has 1 aliphatic heterocycles. The van der Waals surface area contributed by atoms with Crippen molar-refractivity contribution in [3.8, 4) is 0 Å². The van der Waals surface area contributed by atoms with Gasteiger partial charge in [-0.15, -0.1) is 24.8 Å². The third kappa shape index (κ3) is 5.74. The van der Waals surface area contributed by atoms with E-state index in [9.17, 15) is 4.79 Å². The molecular formula is C12H27Cl2N3O. The highest BCUT2D eigenvalue weighted by Crippen LogP contribution is 2.17. The van der Waals surface area contributed by atoms with Gasteiger partial charge >= 0.3 is 0 Å².